The lowest BCUT2D eigenvalue weighted by Crippen LogP contribution is -2.31. The van der Waals surface area contributed by atoms with Gasteiger partial charge < -0.3 is 9.47 Å². The Kier molecular flexibility index (Phi) is 6.06. The molecule has 0 spiro atoms. The van der Waals surface area contributed by atoms with Crippen molar-refractivity contribution in [3.05, 3.63) is 57.8 Å². The summed E-state index contributed by atoms with van der Waals surface area (Å²) in [5.74, 6) is 0.521. The number of imide groups is 1. The van der Waals surface area contributed by atoms with Crippen LogP contribution in [0.3, 0.4) is 0 Å². The maximum absolute atomic E-state index is 13.0. The van der Waals surface area contributed by atoms with Gasteiger partial charge in [-0.25, -0.2) is 4.39 Å². The second-order valence-electron chi connectivity index (χ2n) is 5.93. The van der Waals surface area contributed by atoms with Gasteiger partial charge >= 0.3 is 0 Å². The summed E-state index contributed by atoms with van der Waals surface area (Å²) in [6.45, 7) is 0.133. The Morgan fingerprint density at radius 2 is 1.74 bits per heavy atom. The Labute approximate surface area is 169 Å². The summed E-state index contributed by atoms with van der Waals surface area (Å²) < 4.78 is 24.4. The minimum Gasteiger partial charge on any atom is -0.493 e. The summed E-state index contributed by atoms with van der Waals surface area (Å²) in [4.78, 5) is 26.2. The number of carbonyl (C=O) groups is 2. The number of nitrogens with zero attached hydrogens (tertiary/aromatic N) is 1. The predicted octanol–water partition coefficient (Wildman–Crippen LogP) is 4.41. The lowest BCUT2D eigenvalue weighted by Gasteiger charge is -2.15. The Morgan fingerprint density at radius 1 is 1.11 bits per heavy atom. The van der Waals surface area contributed by atoms with Crippen LogP contribution < -0.4 is 9.47 Å². The van der Waals surface area contributed by atoms with Crippen LogP contribution in [0.1, 0.15) is 11.1 Å². The lowest BCUT2D eigenvalue weighted by atomic mass is 10.1. The fourth-order valence-electron chi connectivity index (χ4n) is 2.80. The number of ether oxygens (including phenoxy) is 2. The number of amides is 2. The zero-order chi connectivity index (χ0) is 19.6. The molecule has 1 aliphatic rings. The number of benzene rings is 2. The molecule has 1 fully saturated rings. The monoisotopic (exact) mass is 453 g/mol. The van der Waals surface area contributed by atoms with Crippen molar-refractivity contribution in [1.82, 2.24) is 4.90 Å². The van der Waals surface area contributed by atoms with E-state index >= 15 is 0 Å². The van der Waals surface area contributed by atoms with Gasteiger partial charge in [-0.15, -0.1) is 0 Å². The molecule has 2 amide bonds. The number of thioether (sulfide) groups is 1. The van der Waals surface area contributed by atoms with Crippen molar-refractivity contribution in [2.24, 2.45) is 0 Å². The van der Waals surface area contributed by atoms with Crippen LogP contribution in [0.25, 0.3) is 0 Å². The van der Waals surface area contributed by atoms with Crippen LogP contribution in [-0.4, -0.2) is 35.5 Å². The van der Waals surface area contributed by atoms with Crippen molar-refractivity contribution in [2.45, 2.75) is 18.2 Å². The molecule has 1 atom stereocenters. The van der Waals surface area contributed by atoms with Gasteiger partial charge in [-0.2, -0.15) is 0 Å². The van der Waals surface area contributed by atoms with E-state index < -0.39 is 5.25 Å². The second kappa shape index (κ2) is 8.31. The van der Waals surface area contributed by atoms with E-state index in [4.69, 9.17) is 9.47 Å². The van der Waals surface area contributed by atoms with Gasteiger partial charge in [-0.1, -0.05) is 39.8 Å². The first kappa shape index (κ1) is 19.7. The molecule has 3 rings (SSSR count). The van der Waals surface area contributed by atoms with Crippen molar-refractivity contribution in [3.63, 3.8) is 0 Å². The fraction of sp³-hybridized carbons (Fsp3) is 0.263. The van der Waals surface area contributed by atoms with Crippen molar-refractivity contribution < 1.29 is 23.5 Å². The Bertz CT molecular complexity index is 875. The first-order valence-electron chi connectivity index (χ1n) is 8.09. The van der Waals surface area contributed by atoms with Crippen LogP contribution in [0, 0.1) is 5.82 Å². The third-order valence-corrected chi connectivity index (χ3v) is 6.03. The van der Waals surface area contributed by atoms with E-state index in [1.54, 1.807) is 38.5 Å². The van der Waals surface area contributed by atoms with E-state index in [0.717, 1.165) is 21.8 Å². The van der Waals surface area contributed by atoms with Crippen molar-refractivity contribution in [2.75, 3.05) is 14.2 Å². The summed E-state index contributed by atoms with van der Waals surface area (Å²) >= 11 is 4.48. The minimum atomic E-state index is -0.521. The number of hydrogen-bond acceptors (Lipinski definition) is 5. The summed E-state index contributed by atoms with van der Waals surface area (Å²) in [5, 5.41) is -0.821. The van der Waals surface area contributed by atoms with Gasteiger partial charge in [0.1, 0.15) is 5.82 Å². The van der Waals surface area contributed by atoms with Crippen LogP contribution in [-0.2, 0) is 17.8 Å². The highest BCUT2D eigenvalue weighted by atomic mass is 79.9. The maximum atomic E-state index is 13.0. The van der Waals surface area contributed by atoms with E-state index in [9.17, 15) is 14.0 Å². The number of hydrogen-bond donors (Lipinski definition) is 0. The van der Waals surface area contributed by atoms with Crippen LogP contribution in [0.2, 0.25) is 0 Å². The highest BCUT2D eigenvalue weighted by Gasteiger charge is 2.39. The van der Waals surface area contributed by atoms with Crippen molar-refractivity contribution in [1.29, 1.82) is 0 Å². The number of halogens is 2. The molecule has 0 bridgehead atoms. The molecule has 1 aliphatic heterocycles. The van der Waals surface area contributed by atoms with Crippen LogP contribution in [0.5, 0.6) is 11.5 Å². The van der Waals surface area contributed by atoms with Crippen LogP contribution >= 0.6 is 27.7 Å². The average Bonchev–Trinajstić information content (AvgIpc) is 2.92. The molecule has 142 valence electrons. The summed E-state index contributed by atoms with van der Waals surface area (Å²) in [5.41, 5.74) is 1.54. The third kappa shape index (κ3) is 4.27. The van der Waals surface area contributed by atoms with E-state index in [0.29, 0.717) is 23.5 Å². The molecule has 2 aromatic carbocycles. The molecule has 0 N–H and O–H groups in total. The Morgan fingerprint density at radius 3 is 2.37 bits per heavy atom. The fourth-order valence-corrected chi connectivity index (χ4v) is 4.30. The molecule has 1 saturated heterocycles. The lowest BCUT2D eigenvalue weighted by molar-refractivity contribution is -0.127. The van der Waals surface area contributed by atoms with Crippen LogP contribution in [0.15, 0.2) is 40.9 Å². The van der Waals surface area contributed by atoms with Gasteiger partial charge in [0.05, 0.1) is 26.0 Å². The second-order valence-corrected chi connectivity index (χ2v) is 7.93. The van der Waals surface area contributed by atoms with E-state index in [2.05, 4.69) is 15.9 Å². The number of methoxy groups -OCH3 is 2. The van der Waals surface area contributed by atoms with E-state index in [-0.39, 0.29) is 23.5 Å². The molecule has 0 radical (unpaired) electrons. The highest BCUT2D eigenvalue weighted by Crippen LogP contribution is 2.37. The maximum Gasteiger partial charge on any atom is 0.289 e. The third-order valence-electron chi connectivity index (χ3n) is 4.22. The minimum absolute atomic E-state index is 0.133. The van der Waals surface area contributed by atoms with Gasteiger partial charge in [-0.05, 0) is 41.8 Å². The van der Waals surface area contributed by atoms with Crippen LogP contribution in [0.4, 0.5) is 9.18 Å². The number of rotatable bonds is 6. The van der Waals surface area contributed by atoms with E-state index in [1.165, 1.54) is 17.0 Å². The quantitative estimate of drug-likeness (QED) is 0.647. The molecule has 27 heavy (non-hydrogen) atoms. The molecule has 0 saturated carbocycles. The Balaban J connectivity index is 1.76. The largest absolute Gasteiger partial charge is 0.493 e. The molecule has 2 aromatic rings. The highest BCUT2D eigenvalue weighted by molar-refractivity contribution is 9.10. The van der Waals surface area contributed by atoms with Crippen molar-refractivity contribution in [3.8, 4) is 11.5 Å². The normalized spacial score (nSPS) is 16.7. The zero-order valence-electron chi connectivity index (χ0n) is 14.7. The molecule has 5 nitrogen and oxygen atoms in total. The topological polar surface area (TPSA) is 55.8 Å². The average molecular weight is 454 g/mol. The van der Waals surface area contributed by atoms with Crippen molar-refractivity contribution >= 4 is 38.8 Å². The molecular formula is C19H17BrFNO4S. The molecular weight excluding hydrogens is 437 g/mol. The van der Waals surface area contributed by atoms with Gasteiger partial charge in [0.15, 0.2) is 11.5 Å². The predicted molar refractivity (Wildman–Crippen MR) is 105 cm³/mol. The van der Waals surface area contributed by atoms with E-state index in [1.807, 2.05) is 0 Å². The molecule has 1 heterocycles. The SMILES string of the molecule is COc1cc(Br)c(C[C@@H]2SC(=O)N(Cc3ccc(F)cc3)C2=O)cc1OC. The summed E-state index contributed by atoms with van der Waals surface area (Å²) in [6.07, 6.45) is 0.371. The standard InChI is InChI=1S/C19H17BrFNO4S/c1-25-15-7-12(14(20)9-16(15)26-2)8-17-18(23)22(19(24)27-17)10-11-3-5-13(21)6-4-11/h3-7,9,17H,8,10H2,1-2H3/t17-/m0/s1. The summed E-state index contributed by atoms with van der Waals surface area (Å²) in [6, 6.07) is 9.33. The first-order chi connectivity index (χ1) is 12.9. The van der Waals surface area contributed by atoms with Gasteiger partial charge in [0.2, 0.25) is 5.91 Å². The molecule has 0 unspecified atom stereocenters. The molecule has 0 aromatic heterocycles. The number of carbonyl (C=O) groups excluding carboxylic acids is 2. The first-order valence-corrected chi connectivity index (χ1v) is 9.77. The summed E-state index contributed by atoms with van der Waals surface area (Å²) in [7, 11) is 3.09. The zero-order valence-corrected chi connectivity index (χ0v) is 17.1. The Hall–Kier alpha value is -2.06. The van der Waals surface area contributed by atoms with Gasteiger partial charge in [-0.3, -0.25) is 14.5 Å². The smallest absolute Gasteiger partial charge is 0.289 e. The molecule has 8 heteroatoms. The van der Waals surface area contributed by atoms with Gasteiger partial charge in [0.25, 0.3) is 5.24 Å². The molecule has 0 aliphatic carbocycles. The van der Waals surface area contributed by atoms with Gasteiger partial charge in [0, 0.05) is 4.47 Å².